The zero-order chi connectivity index (χ0) is 11.3. The molecule has 0 fully saturated rings. The summed E-state index contributed by atoms with van der Waals surface area (Å²) in [5.74, 6) is -0.0579. The number of aromatic nitrogens is 1. The molecule has 1 heterocycles. The molecule has 0 aliphatic rings. The third-order valence-electron chi connectivity index (χ3n) is 2.15. The highest BCUT2D eigenvalue weighted by atomic mass is 79.9. The first-order valence-corrected chi connectivity index (χ1v) is 6.08. The van der Waals surface area contributed by atoms with Gasteiger partial charge in [0.2, 0.25) is 0 Å². The summed E-state index contributed by atoms with van der Waals surface area (Å²) in [7, 11) is 0. The van der Waals surface area contributed by atoms with E-state index in [4.69, 9.17) is 0 Å². The van der Waals surface area contributed by atoms with E-state index < -0.39 is 0 Å². The number of hydrogen-bond donors (Lipinski definition) is 1. The largest absolute Gasteiger partial charge is 0.348 e. The molecule has 82 valence electrons. The topological polar surface area (TPSA) is 42.0 Å². The number of rotatable bonds is 4. The summed E-state index contributed by atoms with van der Waals surface area (Å²) in [6.07, 6.45) is 4.23. The number of carbonyl (C=O) groups is 1. The number of nitrogens with one attached hydrogen (secondary N) is 1. The molecule has 1 amide bonds. The Bertz CT molecular complexity index is 337. The Morgan fingerprint density at radius 2 is 2.33 bits per heavy atom. The van der Waals surface area contributed by atoms with E-state index in [1.54, 1.807) is 12.4 Å². The van der Waals surface area contributed by atoms with E-state index in [9.17, 15) is 4.79 Å². The summed E-state index contributed by atoms with van der Waals surface area (Å²) in [4.78, 5) is 15.7. The molecule has 1 rings (SSSR count). The lowest BCUT2D eigenvalue weighted by Gasteiger charge is -2.13. The van der Waals surface area contributed by atoms with Crippen molar-refractivity contribution in [3.63, 3.8) is 0 Å². The fraction of sp³-hybridized carbons (Fsp3) is 0.455. The van der Waals surface area contributed by atoms with Crippen LogP contribution in [0.2, 0.25) is 0 Å². The summed E-state index contributed by atoms with van der Waals surface area (Å²) in [5, 5.41) is 3.71. The van der Waals surface area contributed by atoms with Gasteiger partial charge in [0.05, 0.1) is 5.56 Å². The minimum Gasteiger partial charge on any atom is -0.348 e. The maximum Gasteiger partial charge on any atom is 0.253 e. The van der Waals surface area contributed by atoms with E-state index in [2.05, 4.69) is 26.2 Å². The summed E-state index contributed by atoms with van der Waals surface area (Å²) in [6, 6.07) is 2.02. The number of hydrogen-bond acceptors (Lipinski definition) is 2. The zero-order valence-corrected chi connectivity index (χ0v) is 10.5. The van der Waals surface area contributed by atoms with Crippen LogP contribution < -0.4 is 5.32 Å². The monoisotopic (exact) mass is 270 g/mol. The SMILES string of the molecule is CCC(CBr)NC(=O)c1cncc(C)c1. The van der Waals surface area contributed by atoms with Crippen LogP contribution in [0.25, 0.3) is 0 Å². The zero-order valence-electron chi connectivity index (χ0n) is 8.96. The smallest absolute Gasteiger partial charge is 0.253 e. The van der Waals surface area contributed by atoms with Gasteiger partial charge in [0.15, 0.2) is 0 Å². The van der Waals surface area contributed by atoms with Crippen molar-refractivity contribution < 1.29 is 4.79 Å². The van der Waals surface area contributed by atoms with Crippen LogP contribution in [0.15, 0.2) is 18.5 Å². The number of nitrogens with zero attached hydrogens (tertiary/aromatic N) is 1. The number of amides is 1. The predicted octanol–water partition coefficient (Wildman–Crippen LogP) is 2.29. The van der Waals surface area contributed by atoms with Crippen LogP contribution in [0, 0.1) is 6.92 Å². The van der Waals surface area contributed by atoms with Crippen LogP contribution in [-0.4, -0.2) is 22.3 Å². The van der Waals surface area contributed by atoms with E-state index in [1.165, 1.54) is 0 Å². The summed E-state index contributed by atoms with van der Waals surface area (Å²) >= 11 is 3.36. The van der Waals surface area contributed by atoms with E-state index in [1.807, 2.05) is 19.9 Å². The minimum absolute atomic E-state index is 0.0579. The summed E-state index contributed by atoms with van der Waals surface area (Å²) in [6.45, 7) is 3.96. The number of alkyl halides is 1. The highest BCUT2D eigenvalue weighted by Gasteiger charge is 2.10. The lowest BCUT2D eigenvalue weighted by atomic mass is 10.2. The molecular formula is C11H15BrN2O. The van der Waals surface area contributed by atoms with Crippen molar-refractivity contribution in [2.24, 2.45) is 0 Å². The first-order valence-electron chi connectivity index (χ1n) is 4.95. The van der Waals surface area contributed by atoms with Crippen molar-refractivity contribution in [3.05, 3.63) is 29.6 Å². The normalized spacial score (nSPS) is 12.2. The third-order valence-corrected chi connectivity index (χ3v) is 2.93. The molecule has 0 radical (unpaired) electrons. The number of halogens is 1. The van der Waals surface area contributed by atoms with E-state index in [0.29, 0.717) is 5.56 Å². The molecule has 1 unspecified atom stereocenters. The molecule has 4 heteroatoms. The van der Waals surface area contributed by atoms with Gasteiger partial charge in [-0.25, -0.2) is 0 Å². The van der Waals surface area contributed by atoms with Gasteiger partial charge < -0.3 is 5.32 Å². The Labute approximate surface area is 98.4 Å². The second-order valence-electron chi connectivity index (χ2n) is 3.48. The van der Waals surface area contributed by atoms with Crippen molar-refractivity contribution in [1.29, 1.82) is 0 Å². The molecule has 0 aromatic carbocycles. The molecule has 3 nitrogen and oxygen atoms in total. The molecule has 0 bridgehead atoms. The van der Waals surface area contributed by atoms with Crippen LogP contribution in [0.3, 0.4) is 0 Å². The fourth-order valence-electron chi connectivity index (χ4n) is 1.20. The van der Waals surface area contributed by atoms with Gasteiger partial charge in [-0.3, -0.25) is 9.78 Å². The highest BCUT2D eigenvalue weighted by Crippen LogP contribution is 2.03. The molecule has 0 saturated heterocycles. The Morgan fingerprint density at radius 1 is 1.60 bits per heavy atom. The van der Waals surface area contributed by atoms with E-state index in [-0.39, 0.29) is 11.9 Å². The van der Waals surface area contributed by atoms with Crippen molar-refractivity contribution in [3.8, 4) is 0 Å². The Hall–Kier alpha value is -0.900. The van der Waals surface area contributed by atoms with Gasteiger partial charge >= 0.3 is 0 Å². The Balaban J connectivity index is 2.68. The average molecular weight is 271 g/mol. The number of pyridine rings is 1. The number of carbonyl (C=O) groups excluding carboxylic acids is 1. The number of aryl methyl sites for hydroxylation is 1. The van der Waals surface area contributed by atoms with Gasteiger partial charge in [-0.2, -0.15) is 0 Å². The summed E-state index contributed by atoms with van der Waals surface area (Å²) < 4.78 is 0. The average Bonchev–Trinajstić information content (AvgIpc) is 2.25. The Kier molecular flexibility index (Phi) is 4.75. The molecule has 0 saturated carbocycles. The molecule has 15 heavy (non-hydrogen) atoms. The van der Waals surface area contributed by atoms with Gasteiger partial charge in [-0.05, 0) is 25.0 Å². The van der Waals surface area contributed by atoms with Gasteiger partial charge in [-0.1, -0.05) is 22.9 Å². The minimum atomic E-state index is -0.0579. The second-order valence-corrected chi connectivity index (χ2v) is 4.13. The highest BCUT2D eigenvalue weighted by molar-refractivity contribution is 9.09. The van der Waals surface area contributed by atoms with Crippen molar-refractivity contribution in [2.75, 3.05) is 5.33 Å². The fourth-order valence-corrected chi connectivity index (χ4v) is 1.82. The molecule has 0 aliphatic heterocycles. The molecule has 1 aromatic rings. The van der Waals surface area contributed by atoms with Crippen LogP contribution in [-0.2, 0) is 0 Å². The van der Waals surface area contributed by atoms with E-state index in [0.717, 1.165) is 17.3 Å². The van der Waals surface area contributed by atoms with Crippen molar-refractivity contribution in [1.82, 2.24) is 10.3 Å². The first-order chi connectivity index (χ1) is 7.17. The lowest BCUT2D eigenvalue weighted by molar-refractivity contribution is 0.0940. The van der Waals surface area contributed by atoms with Crippen LogP contribution >= 0.6 is 15.9 Å². The van der Waals surface area contributed by atoms with E-state index >= 15 is 0 Å². The maximum atomic E-state index is 11.8. The van der Waals surface area contributed by atoms with Crippen LogP contribution in [0.5, 0.6) is 0 Å². The van der Waals surface area contributed by atoms with Gasteiger partial charge in [0, 0.05) is 23.8 Å². The van der Waals surface area contributed by atoms with Crippen molar-refractivity contribution in [2.45, 2.75) is 26.3 Å². The summed E-state index contributed by atoms with van der Waals surface area (Å²) in [5.41, 5.74) is 1.61. The predicted molar refractivity (Wildman–Crippen MR) is 64.3 cm³/mol. The molecule has 1 aromatic heterocycles. The molecule has 0 spiro atoms. The Morgan fingerprint density at radius 3 is 2.87 bits per heavy atom. The van der Waals surface area contributed by atoms with Gasteiger partial charge in [0.1, 0.15) is 0 Å². The first kappa shape index (κ1) is 12.2. The van der Waals surface area contributed by atoms with Gasteiger partial charge in [-0.15, -0.1) is 0 Å². The second kappa shape index (κ2) is 5.85. The molecule has 1 N–H and O–H groups in total. The molecule has 0 aliphatic carbocycles. The molecular weight excluding hydrogens is 256 g/mol. The molecule has 1 atom stereocenters. The van der Waals surface area contributed by atoms with Crippen LogP contribution in [0.1, 0.15) is 29.3 Å². The van der Waals surface area contributed by atoms with Crippen molar-refractivity contribution >= 4 is 21.8 Å². The maximum absolute atomic E-state index is 11.8. The van der Waals surface area contributed by atoms with Gasteiger partial charge in [0.25, 0.3) is 5.91 Å². The van der Waals surface area contributed by atoms with Crippen LogP contribution in [0.4, 0.5) is 0 Å². The standard InChI is InChI=1S/C11H15BrN2O/c1-3-10(5-12)14-11(15)9-4-8(2)6-13-7-9/h4,6-7,10H,3,5H2,1-2H3,(H,14,15). The third kappa shape index (κ3) is 3.63. The lowest BCUT2D eigenvalue weighted by Crippen LogP contribution is -2.35. The quantitative estimate of drug-likeness (QED) is 0.854.